The lowest BCUT2D eigenvalue weighted by molar-refractivity contribution is -0.117. The molecule has 184 valence electrons. The molecule has 4 heteroatoms. The van der Waals surface area contributed by atoms with Gasteiger partial charge in [-0.2, -0.15) is 0 Å². The van der Waals surface area contributed by atoms with Crippen molar-refractivity contribution in [2.75, 3.05) is 0 Å². The number of hydrogen-bond donors (Lipinski definition) is 1. The van der Waals surface area contributed by atoms with Crippen molar-refractivity contribution in [2.45, 2.75) is 129 Å². The lowest BCUT2D eigenvalue weighted by Gasteiger charge is -2.39. The summed E-state index contributed by atoms with van der Waals surface area (Å²) < 4.78 is 6.79. The van der Waals surface area contributed by atoms with E-state index in [1.54, 1.807) is 12.5 Å². The Balaban J connectivity index is 1.99. The van der Waals surface area contributed by atoms with Crippen LogP contribution in [0.15, 0.2) is 23.8 Å². The van der Waals surface area contributed by atoms with Crippen molar-refractivity contribution in [3.63, 3.8) is 0 Å². The maximum absolute atomic E-state index is 11.2. The zero-order valence-electron chi connectivity index (χ0n) is 22.0. The fourth-order valence-electron chi connectivity index (χ4n) is 5.11. The summed E-state index contributed by atoms with van der Waals surface area (Å²) in [5.74, 6) is 1.59. The normalized spacial score (nSPS) is 27.1. The van der Waals surface area contributed by atoms with Crippen molar-refractivity contribution in [1.29, 1.82) is 0 Å². The average molecular weight is 463 g/mol. The van der Waals surface area contributed by atoms with Gasteiger partial charge in [-0.1, -0.05) is 70.8 Å². The Kier molecular flexibility index (Phi) is 10.4. The van der Waals surface area contributed by atoms with Crippen molar-refractivity contribution in [3.05, 3.63) is 23.8 Å². The number of carbonyl (C=O) groups excluding carboxylic acids is 1. The Morgan fingerprint density at radius 2 is 1.97 bits per heavy atom. The molecular formula is C28H50O3Si. The van der Waals surface area contributed by atoms with Gasteiger partial charge in [0.1, 0.15) is 5.78 Å². The summed E-state index contributed by atoms with van der Waals surface area (Å²) in [7, 11) is -1.83. The molecule has 1 fully saturated rings. The Morgan fingerprint density at radius 3 is 2.59 bits per heavy atom. The molecule has 0 amide bonds. The van der Waals surface area contributed by atoms with Crippen LogP contribution in [0.3, 0.4) is 0 Å². The van der Waals surface area contributed by atoms with Crippen LogP contribution in [0.4, 0.5) is 0 Å². The van der Waals surface area contributed by atoms with E-state index >= 15 is 0 Å². The third kappa shape index (κ3) is 7.95. The second-order valence-corrected chi connectivity index (χ2v) is 16.7. The number of fused-ring (bicyclic) bond motifs is 1. The van der Waals surface area contributed by atoms with Gasteiger partial charge in [-0.15, -0.1) is 0 Å². The smallest absolute Gasteiger partial charge is 0.192 e. The third-order valence-corrected chi connectivity index (χ3v) is 12.6. The van der Waals surface area contributed by atoms with Crippen LogP contribution in [0.25, 0.3) is 0 Å². The summed E-state index contributed by atoms with van der Waals surface area (Å²) in [5.41, 5.74) is 1.55. The van der Waals surface area contributed by atoms with Gasteiger partial charge in [-0.25, -0.2) is 0 Å². The predicted octanol–water partition coefficient (Wildman–Crippen LogP) is 7.61. The van der Waals surface area contributed by atoms with E-state index in [0.29, 0.717) is 24.0 Å². The van der Waals surface area contributed by atoms with E-state index in [9.17, 15) is 9.90 Å². The Bertz CT molecular complexity index is 658. The topological polar surface area (TPSA) is 46.5 Å². The summed E-state index contributed by atoms with van der Waals surface area (Å²) in [6, 6.07) is 0. The molecule has 2 aliphatic rings. The molecule has 1 N–H and O–H groups in total. The second-order valence-electron chi connectivity index (χ2n) is 11.9. The fourth-order valence-corrected chi connectivity index (χ4v) is 6.42. The first kappa shape index (κ1) is 27.5. The fraction of sp³-hybridized carbons (Fsp3) is 0.821. The van der Waals surface area contributed by atoms with Gasteiger partial charge in [0, 0.05) is 12.3 Å². The van der Waals surface area contributed by atoms with Gasteiger partial charge in [-0.3, -0.25) is 0 Å². The van der Waals surface area contributed by atoms with Crippen LogP contribution in [-0.2, 0) is 9.22 Å². The molecule has 0 unspecified atom stereocenters. The number of allylic oxidation sites excluding steroid dienone is 2. The van der Waals surface area contributed by atoms with Gasteiger partial charge < -0.3 is 14.3 Å². The maximum atomic E-state index is 11.2. The zero-order valence-corrected chi connectivity index (χ0v) is 23.0. The Morgan fingerprint density at radius 1 is 1.25 bits per heavy atom. The van der Waals surface area contributed by atoms with Crippen molar-refractivity contribution in [1.82, 2.24) is 0 Å². The van der Waals surface area contributed by atoms with E-state index in [1.807, 2.05) is 0 Å². The largest absolute Gasteiger partial charge is 0.411 e. The molecule has 0 aromatic carbocycles. The molecule has 5 atom stereocenters. The first-order valence-corrected chi connectivity index (χ1v) is 16.1. The molecule has 0 aromatic rings. The van der Waals surface area contributed by atoms with Crippen molar-refractivity contribution < 1.29 is 14.3 Å². The van der Waals surface area contributed by atoms with Crippen molar-refractivity contribution in [3.8, 4) is 0 Å². The van der Waals surface area contributed by atoms with Crippen LogP contribution >= 0.6 is 0 Å². The summed E-state index contributed by atoms with van der Waals surface area (Å²) in [6.45, 7) is 15.5. The predicted molar refractivity (Wildman–Crippen MR) is 138 cm³/mol. The molecule has 0 spiro atoms. The van der Waals surface area contributed by atoms with Crippen LogP contribution in [-0.4, -0.2) is 31.4 Å². The number of ketones is 1. The Labute approximate surface area is 199 Å². The van der Waals surface area contributed by atoms with Gasteiger partial charge >= 0.3 is 0 Å². The number of rotatable bonds is 13. The van der Waals surface area contributed by atoms with Crippen molar-refractivity contribution >= 4 is 14.1 Å². The molecule has 0 saturated heterocycles. The lowest BCUT2D eigenvalue weighted by atomic mass is 9.88. The lowest BCUT2D eigenvalue weighted by Crippen LogP contribution is -2.43. The van der Waals surface area contributed by atoms with Crippen molar-refractivity contribution in [2.24, 2.45) is 17.8 Å². The minimum Gasteiger partial charge on any atom is -0.411 e. The molecule has 0 heterocycles. The highest BCUT2D eigenvalue weighted by molar-refractivity contribution is 6.74. The molecule has 2 aliphatic carbocycles. The van der Waals surface area contributed by atoms with Gasteiger partial charge in [-0.05, 0) is 75.4 Å². The highest BCUT2D eigenvalue weighted by Crippen LogP contribution is 2.48. The maximum Gasteiger partial charge on any atom is 0.192 e. The summed E-state index contributed by atoms with van der Waals surface area (Å²) in [5, 5.41) is 11.0. The van der Waals surface area contributed by atoms with Crippen LogP contribution in [0.2, 0.25) is 18.1 Å². The monoisotopic (exact) mass is 462 g/mol. The van der Waals surface area contributed by atoms with Crippen LogP contribution in [0.1, 0.15) is 98.8 Å². The van der Waals surface area contributed by atoms with E-state index in [0.717, 1.165) is 38.5 Å². The molecule has 3 nitrogen and oxygen atoms in total. The highest BCUT2D eigenvalue weighted by Gasteiger charge is 2.43. The SMILES string of the molecule is CCCCC[C@@H](/C=C/[C@@H]1[C@H]2CC(CCCCC(C)=O)=C[C@H]2C[C@H]1O)O[Si](C)(C)C(C)(C)C. The molecule has 0 aliphatic heterocycles. The number of Topliss-reactive ketones (excluding diaryl/α,β-unsaturated/α-hetero) is 1. The first-order chi connectivity index (χ1) is 14.9. The number of aliphatic hydroxyl groups is 1. The number of carbonyl (C=O) groups is 1. The van der Waals surface area contributed by atoms with Crippen LogP contribution < -0.4 is 0 Å². The molecular weight excluding hydrogens is 412 g/mol. The summed E-state index contributed by atoms with van der Waals surface area (Å²) in [4.78, 5) is 11.2. The second kappa shape index (κ2) is 12.1. The Hall–Kier alpha value is -0.713. The van der Waals surface area contributed by atoms with Crippen LogP contribution in [0.5, 0.6) is 0 Å². The standard InChI is InChI=1S/C28H50O3Si/c1-8-9-10-15-24(31-32(6,7)28(3,4)5)16-17-25-26-19-22(14-12-11-13-21(2)29)18-23(26)20-27(25)30/h16-18,23-27,30H,8-15,19-20H2,1-7H3/b17-16+/t23-,24-,25+,26-,27+/m0/s1. The minimum absolute atomic E-state index is 0.161. The molecule has 2 rings (SSSR count). The average Bonchev–Trinajstić information content (AvgIpc) is 3.18. The van der Waals surface area contributed by atoms with Gasteiger partial charge in [0.2, 0.25) is 0 Å². The van der Waals surface area contributed by atoms with Crippen LogP contribution in [0, 0.1) is 17.8 Å². The molecule has 0 aromatic heterocycles. The quantitative estimate of drug-likeness (QED) is 0.174. The molecule has 32 heavy (non-hydrogen) atoms. The third-order valence-electron chi connectivity index (χ3n) is 8.12. The van der Waals surface area contributed by atoms with Gasteiger partial charge in [0.25, 0.3) is 0 Å². The number of unbranched alkanes of at least 4 members (excludes halogenated alkanes) is 3. The van der Waals surface area contributed by atoms with E-state index < -0.39 is 8.32 Å². The van der Waals surface area contributed by atoms with Gasteiger partial charge in [0.05, 0.1) is 12.2 Å². The molecule has 0 radical (unpaired) electrons. The molecule has 0 bridgehead atoms. The number of hydrogen-bond acceptors (Lipinski definition) is 3. The molecule has 1 saturated carbocycles. The van der Waals surface area contributed by atoms with E-state index in [-0.39, 0.29) is 23.2 Å². The van der Waals surface area contributed by atoms with E-state index in [1.165, 1.54) is 19.3 Å². The van der Waals surface area contributed by atoms with Gasteiger partial charge in [0.15, 0.2) is 8.32 Å². The van der Waals surface area contributed by atoms with E-state index in [2.05, 4.69) is 59.0 Å². The summed E-state index contributed by atoms with van der Waals surface area (Å²) in [6.07, 6.45) is 17.7. The first-order valence-electron chi connectivity index (χ1n) is 13.2. The highest BCUT2D eigenvalue weighted by atomic mass is 28.4. The number of aliphatic hydroxyl groups excluding tert-OH is 1. The van der Waals surface area contributed by atoms with E-state index in [4.69, 9.17) is 4.43 Å². The minimum atomic E-state index is -1.83. The zero-order chi connectivity index (χ0) is 23.9. The summed E-state index contributed by atoms with van der Waals surface area (Å²) >= 11 is 0.